The van der Waals surface area contributed by atoms with Crippen LogP contribution in [0.2, 0.25) is 0 Å². The van der Waals surface area contributed by atoms with Crippen LogP contribution in [0.4, 0.5) is 0 Å². The number of ketones is 1. The van der Waals surface area contributed by atoms with E-state index in [-0.39, 0.29) is 0 Å². The van der Waals surface area contributed by atoms with Gasteiger partial charge >= 0.3 is 0 Å². The van der Waals surface area contributed by atoms with Gasteiger partial charge in [0.2, 0.25) is 0 Å². The fourth-order valence-electron chi connectivity index (χ4n) is 5.28. The van der Waals surface area contributed by atoms with Crippen LogP contribution < -0.4 is 0 Å². The summed E-state index contributed by atoms with van der Waals surface area (Å²) >= 11 is 0. The van der Waals surface area contributed by atoms with Gasteiger partial charge < -0.3 is 0 Å². The van der Waals surface area contributed by atoms with Gasteiger partial charge in [-0.3, -0.25) is 4.79 Å². The quantitative estimate of drug-likeness (QED) is 0.0911. The Balaban J connectivity index is 3.15. The highest BCUT2D eigenvalue weighted by molar-refractivity contribution is 5.78. The van der Waals surface area contributed by atoms with Gasteiger partial charge in [-0.05, 0) is 18.8 Å². The van der Waals surface area contributed by atoms with Crippen LogP contribution in [0, 0.1) is 5.92 Å². The van der Waals surface area contributed by atoms with Gasteiger partial charge in [0.15, 0.2) is 0 Å². The average Bonchev–Trinajstić information content (AvgIpc) is 2.84. The Morgan fingerprint density at radius 2 is 0.657 bits per heavy atom. The maximum absolute atomic E-state index is 12.1. The molecular formula is C34H68O. The van der Waals surface area contributed by atoms with E-state index in [1.807, 2.05) is 0 Å². The molecule has 1 nitrogen and oxygen atoms in total. The first-order chi connectivity index (χ1) is 17.2. The van der Waals surface area contributed by atoms with Crippen LogP contribution in [0.1, 0.15) is 207 Å². The molecule has 0 rings (SSSR count). The summed E-state index contributed by atoms with van der Waals surface area (Å²) in [5, 5.41) is 0. The lowest BCUT2D eigenvalue weighted by Crippen LogP contribution is -1.97. The highest BCUT2D eigenvalue weighted by atomic mass is 16.1. The number of hydrogen-bond acceptors (Lipinski definition) is 1. The summed E-state index contributed by atoms with van der Waals surface area (Å²) in [6, 6.07) is 0. The van der Waals surface area contributed by atoms with Gasteiger partial charge in [-0.1, -0.05) is 181 Å². The van der Waals surface area contributed by atoms with Crippen molar-refractivity contribution in [3.8, 4) is 0 Å². The molecule has 0 aromatic carbocycles. The molecule has 0 spiro atoms. The summed E-state index contributed by atoms with van der Waals surface area (Å²) in [5.74, 6) is 1.40. The maximum Gasteiger partial charge on any atom is 0.132 e. The largest absolute Gasteiger partial charge is 0.300 e. The minimum Gasteiger partial charge on any atom is -0.300 e. The molecule has 0 N–H and O–H groups in total. The van der Waals surface area contributed by atoms with Crippen molar-refractivity contribution < 1.29 is 4.79 Å². The van der Waals surface area contributed by atoms with E-state index < -0.39 is 0 Å². The number of unbranched alkanes of at least 4 members (excludes halogenated alkanes) is 24. The fourth-order valence-corrected chi connectivity index (χ4v) is 5.28. The first kappa shape index (κ1) is 34.7. The van der Waals surface area contributed by atoms with Crippen molar-refractivity contribution in [3.63, 3.8) is 0 Å². The second-order valence-corrected chi connectivity index (χ2v) is 12.1. The van der Waals surface area contributed by atoms with Gasteiger partial charge in [-0.15, -0.1) is 0 Å². The van der Waals surface area contributed by atoms with Crippen molar-refractivity contribution in [1.29, 1.82) is 0 Å². The molecule has 0 aromatic heterocycles. The standard InChI is InChI=1S/C34H68O/c1-4-5-6-7-8-9-10-12-16-19-22-25-28-31-34(35)32-29-26-23-20-17-14-11-13-15-18-21-24-27-30-33(2)3/h33H,4-32H2,1-3H3. The third-order valence-corrected chi connectivity index (χ3v) is 7.80. The molecule has 0 bridgehead atoms. The Morgan fingerprint density at radius 1 is 0.400 bits per heavy atom. The van der Waals surface area contributed by atoms with E-state index >= 15 is 0 Å². The summed E-state index contributed by atoms with van der Waals surface area (Å²) in [5.41, 5.74) is 0. The monoisotopic (exact) mass is 493 g/mol. The van der Waals surface area contributed by atoms with Crippen LogP contribution in [-0.2, 0) is 4.79 Å². The SMILES string of the molecule is CCCCCCCCCCCCCCCC(=O)CCCCCCCCCCCCCCCC(C)C. The van der Waals surface area contributed by atoms with Gasteiger partial charge in [0, 0.05) is 12.8 Å². The average molecular weight is 493 g/mol. The zero-order valence-electron chi connectivity index (χ0n) is 25.0. The van der Waals surface area contributed by atoms with E-state index in [1.165, 1.54) is 161 Å². The van der Waals surface area contributed by atoms with E-state index in [0.717, 1.165) is 31.6 Å². The van der Waals surface area contributed by atoms with Crippen LogP contribution in [-0.4, -0.2) is 5.78 Å². The van der Waals surface area contributed by atoms with Gasteiger partial charge in [0.1, 0.15) is 5.78 Å². The van der Waals surface area contributed by atoms with E-state index in [0.29, 0.717) is 5.78 Å². The zero-order chi connectivity index (χ0) is 25.7. The molecule has 0 radical (unpaired) electrons. The van der Waals surface area contributed by atoms with Gasteiger partial charge in [-0.25, -0.2) is 0 Å². The fraction of sp³-hybridized carbons (Fsp3) is 0.971. The number of Topliss-reactive ketones (excluding diaryl/α,β-unsaturated/α-hetero) is 1. The van der Waals surface area contributed by atoms with Crippen LogP contribution in [0.3, 0.4) is 0 Å². The zero-order valence-corrected chi connectivity index (χ0v) is 25.0. The third kappa shape index (κ3) is 31.6. The van der Waals surface area contributed by atoms with E-state index in [1.54, 1.807) is 0 Å². The molecule has 210 valence electrons. The molecule has 0 aliphatic heterocycles. The van der Waals surface area contributed by atoms with Crippen LogP contribution in [0.25, 0.3) is 0 Å². The molecule has 0 saturated heterocycles. The molecule has 1 heteroatoms. The Bertz CT molecular complexity index is 399. The van der Waals surface area contributed by atoms with Crippen molar-refractivity contribution in [1.82, 2.24) is 0 Å². The van der Waals surface area contributed by atoms with E-state index in [4.69, 9.17) is 0 Å². The van der Waals surface area contributed by atoms with E-state index in [9.17, 15) is 4.79 Å². The number of carbonyl (C=O) groups excluding carboxylic acids is 1. The molecule has 0 atom stereocenters. The number of rotatable bonds is 30. The summed E-state index contributed by atoms with van der Waals surface area (Å²) < 4.78 is 0. The predicted molar refractivity (Wildman–Crippen MR) is 159 cm³/mol. The van der Waals surface area contributed by atoms with Crippen molar-refractivity contribution >= 4 is 5.78 Å². The minimum atomic E-state index is 0.525. The number of carbonyl (C=O) groups is 1. The molecule has 0 unspecified atom stereocenters. The van der Waals surface area contributed by atoms with Gasteiger partial charge in [0.05, 0.1) is 0 Å². The summed E-state index contributed by atoms with van der Waals surface area (Å²) in [7, 11) is 0. The van der Waals surface area contributed by atoms with Crippen molar-refractivity contribution in [3.05, 3.63) is 0 Å². The first-order valence-corrected chi connectivity index (χ1v) is 16.7. The Kier molecular flexibility index (Phi) is 29.6. The molecule has 0 amide bonds. The lowest BCUT2D eigenvalue weighted by atomic mass is 10.0. The van der Waals surface area contributed by atoms with Crippen LogP contribution in [0.5, 0.6) is 0 Å². The minimum absolute atomic E-state index is 0.525. The Hall–Kier alpha value is -0.330. The topological polar surface area (TPSA) is 17.1 Å². The Morgan fingerprint density at radius 3 is 0.943 bits per heavy atom. The third-order valence-electron chi connectivity index (χ3n) is 7.80. The first-order valence-electron chi connectivity index (χ1n) is 16.7. The van der Waals surface area contributed by atoms with Crippen molar-refractivity contribution in [2.24, 2.45) is 5.92 Å². The van der Waals surface area contributed by atoms with Crippen LogP contribution in [0.15, 0.2) is 0 Å². The van der Waals surface area contributed by atoms with Gasteiger partial charge in [-0.2, -0.15) is 0 Å². The van der Waals surface area contributed by atoms with Crippen LogP contribution >= 0.6 is 0 Å². The highest BCUT2D eigenvalue weighted by Gasteiger charge is 2.02. The maximum atomic E-state index is 12.1. The molecule has 0 fully saturated rings. The lowest BCUT2D eigenvalue weighted by molar-refractivity contribution is -0.119. The Labute approximate surface area is 223 Å². The molecule has 0 saturated carbocycles. The van der Waals surface area contributed by atoms with E-state index in [2.05, 4.69) is 20.8 Å². The molecular weight excluding hydrogens is 424 g/mol. The van der Waals surface area contributed by atoms with Crippen molar-refractivity contribution in [2.75, 3.05) is 0 Å². The number of hydrogen-bond donors (Lipinski definition) is 0. The predicted octanol–water partition coefficient (Wildman–Crippen LogP) is 12.5. The highest BCUT2D eigenvalue weighted by Crippen LogP contribution is 2.16. The second-order valence-electron chi connectivity index (χ2n) is 12.1. The molecule has 0 heterocycles. The molecule has 0 aliphatic carbocycles. The summed E-state index contributed by atoms with van der Waals surface area (Å²) in [6.45, 7) is 6.96. The van der Waals surface area contributed by atoms with Crippen molar-refractivity contribution in [2.45, 2.75) is 207 Å². The van der Waals surface area contributed by atoms with Gasteiger partial charge in [0.25, 0.3) is 0 Å². The summed E-state index contributed by atoms with van der Waals surface area (Å²) in [6.07, 6.45) is 39.0. The normalized spacial score (nSPS) is 11.5. The lowest BCUT2D eigenvalue weighted by Gasteiger charge is -2.05. The molecule has 35 heavy (non-hydrogen) atoms. The molecule has 0 aliphatic rings. The smallest absolute Gasteiger partial charge is 0.132 e. The molecule has 0 aromatic rings. The second kappa shape index (κ2) is 29.9. The summed E-state index contributed by atoms with van der Waals surface area (Å²) in [4.78, 5) is 12.1.